The third-order valence-electron chi connectivity index (χ3n) is 3.13. The van der Waals surface area contributed by atoms with Gasteiger partial charge in [0, 0.05) is 19.3 Å². The van der Waals surface area contributed by atoms with Crippen molar-refractivity contribution in [2.75, 3.05) is 18.5 Å². The molecule has 1 heterocycles. The van der Waals surface area contributed by atoms with E-state index < -0.39 is 0 Å². The Morgan fingerprint density at radius 2 is 1.93 bits per heavy atom. The molecule has 1 heteroatoms. The Morgan fingerprint density at radius 1 is 1.20 bits per heavy atom. The molecule has 0 atom stereocenters. The molecule has 0 amide bonds. The summed E-state index contributed by atoms with van der Waals surface area (Å²) >= 11 is 0. The molecule has 0 spiro atoms. The average Bonchev–Trinajstić information content (AvgIpc) is 2.16. The molecule has 0 bridgehead atoms. The van der Waals surface area contributed by atoms with Crippen LogP contribution in [0.15, 0.2) is 18.2 Å². The van der Waals surface area contributed by atoms with E-state index in [1.807, 2.05) is 0 Å². The number of nitrogens with zero attached hydrogens (tertiary/aromatic N) is 1. The summed E-state index contributed by atoms with van der Waals surface area (Å²) in [7, 11) is 2.17. The number of hydrogen-bond donors (Lipinski definition) is 0. The van der Waals surface area contributed by atoms with Crippen LogP contribution in [-0.4, -0.2) is 13.6 Å². The van der Waals surface area contributed by atoms with Gasteiger partial charge < -0.3 is 4.90 Å². The minimum Gasteiger partial charge on any atom is -0.374 e. The second kappa shape index (κ2) is 3.55. The highest BCUT2D eigenvalue weighted by Crippen LogP contribution is 2.32. The zero-order chi connectivity index (χ0) is 11.1. The predicted molar refractivity (Wildman–Crippen MR) is 66.4 cm³/mol. The van der Waals surface area contributed by atoms with E-state index >= 15 is 0 Å². The molecule has 1 aliphatic heterocycles. The van der Waals surface area contributed by atoms with Gasteiger partial charge in [-0.25, -0.2) is 0 Å². The number of hydrogen-bond acceptors (Lipinski definition) is 1. The molecule has 1 aromatic carbocycles. The van der Waals surface area contributed by atoms with Crippen LogP contribution in [0.1, 0.15) is 38.3 Å². The van der Waals surface area contributed by atoms with Gasteiger partial charge in [-0.15, -0.1) is 0 Å². The van der Waals surface area contributed by atoms with Gasteiger partial charge >= 0.3 is 0 Å². The Labute approximate surface area is 93.1 Å². The van der Waals surface area contributed by atoms with Gasteiger partial charge in [-0.3, -0.25) is 0 Å². The monoisotopic (exact) mass is 202 g/mol. The molecule has 1 nitrogen and oxygen atoms in total. The van der Waals surface area contributed by atoms with Crippen LogP contribution in [0.4, 0.5) is 5.69 Å². The molecule has 1 aromatic rings. The molecular weight excluding hydrogens is 182 g/mol. The highest BCUT2D eigenvalue weighted by atomic mass is 15.1. The molecule has 0 saturated carbocycles. The van der Waals surface area contributed by atoms with Crippen molar-refractivity contribution >= 4 is 5.69 Å². The average molecular weight is 202 g/mol. The van der Waals surface area contributed by atoms with Crippen LogP contribution in [-0.2, 0) is 5.41 Å². The maximum absolute atomic E-state index is 2.35. The normalized spacial score (nSPS) is 16.4. The Hall–Kier alpha value is -0.980. The van der Waals surface area contributed by atoms with Crippen LogP contribution in [0.25, 0.3) is 0 Å². The molecule has 0 unspecified atom stereocenters. The van der Waals surface area contributed by atoms with Crippen molar-refractivity contribution in [2.24, 2.45) is 0 Å². The van der Waals surface area contributed by atoms with E-state index in [9.17, 15) is 0 Å². The molecule has 0 fully saturated rings. The standard InChI is InChI=1S/C14H20N/c1-14(2,3)12-7-8-13-11(10-12)6-5-9-15(13)4/h6-8,10H,5,9H2,1-4H3. The first-order valence-corrected chi connectivity index (χ1v) is 5.67. The quantitative estimate of drug-likeness (QED) is 0.623. The summed E-state index contributed by atoms with van der Waals surface area (Å²) in [5, 5.41) is 0. The Morgan fingerprint density at radius 3 is 2.60 bits per heavy atom. The van der Waals surface area contributed by atoms with Gasteiger partial charge in [0.1, 0.15) is 0 Å². The first-order chi connectivity index (χ1) is 6.98. The van der Waals surface area contributed by atoms with E-state index in [-0.39, 0.29) is 5.41 Å². The fourth-order valence-corrected chi connectivity index (χ4v) is 2.07. The molecule has 1 aliphatic rings. The Kier molecular flexibility index (Phi) is 2.49. The highest BCUT2D eigenvalue weighted by Gasteiger charge is 2.18. The molecule has 15 heavy (non-hydrogen) atoms. The van der Waals surface area contributed by atoms with E-state index in [4.69, 9.17) is 0 Å². The minimum absolute atomic E-state index is 0.249. The number of fused-ring (bicyclic) bond motifs is 1. The predicted octanol–water partition coefficient (Wildman–Crippen LogP) is 3.38. The van der Waals surface area contributed by atoms with Crippen molar-refractivity contribution in [2.45, 2.75) is 32.6 Å². The Balaban J connectivity index is 2.42. The summed E-state index contributed by atoms with van der Waals surface area (Å²) in [6, 6.07) is 6.85. The summed E-state index contributed by atoms with van der Waals surface area (Å²) in [5.74, 6) is 0. The Bertz CT molecular complexity index is 360. The van der Waals surface area contributed by atoms with Crippen molar-refractivity contribution in [1.82, 2.24) is 0 Å². The number of anilines is 1. The summed E-state index contributed by atoms with van der Waals surface area (Å²) in [6.45, 7) is 7.94. The third kappa shape index (κ3) is 2.01. The molecule has 2 rings (SSSR count). The molecule has 81 valence electrons. The minimum atomic E-state index is 0.249. The molecule has 1 radical (unpaired) electrons. The summed E-state index contributed by atoms with van der Waals surface area (Å²) in [6.07, 6.45) is 3.52. The number of benzene rings is 1. The topological polar surface area (TPSA) is 3.24 Å². The van der Waals surface area contributed by atoms with E-state index in [1.165, 1.54) is 16.8 Å². The van der Waals surface area contributed by atoms with Gasteiger partial charge in [0.05, 0.1) is 0 Å². The van der Waals surface area contributed by atoms with Crippen LogP contribution >= 0.6 is 0 Å². The maximum atomic E-state index is 2.35. The zero-order valence-electron chi connectivity index (χ0n) is 10.2. The first kappa shape index (κ1) is 10.5. The lowest BCUT2D eigenvalue weighted by Crippen LogP contribution is -2.24. The fourth-order valence-electron chi connectivity index (χ4n) is 2.07. The van der Waals surface area contributed by atoms with Crippen molar-refractivity contribution in [1.29, 1.82) is 0 Å². The molecule has 0 N–H and O–H groups in total. The lowest BCUT2D eigenvalue weighted by Gasteiger charge is -2.29. The van der Waals surface area contributed by atoms with Gasteiger partial charge in [0.15, 0.2) is 0 Å². The fraction of sp³-hybridized carbons (Fsp3) is 0.500. The van der Waals surface area contributed by atoms with E-state index in [1.54, 1.807) is 0 Å². The first-order valence-electron chi connectivity index (χ1n) is 5.67. The number of rotatable bonds is 0. The van der Waals surface area contributed by atoms with E-state index in [0.29, 0.717) is 0 Å². The van der Waals surface area contributed by atoms with Crippen molar-refractivity contribution in [3.8, 4) is 0 Å². The lowest BCUT2D eigenvalue weighted by atomic mass is 9.84. The largest absolute Gasteiger partial charge is 0.374 e. The van der Waals surface area contributed by atoms with Crippen molar-refractivity contribution in [3.05, 3.63) is 35.7 Å². The van der Waals surface area contributed by atoms with Gasteiger partial charge in [-0.2, -0.15) is 0 Å². The van der Waals surface area contributed by atoms with Crippen molar-refractivity contribution in [3.63, 3.8) is 0 Å². The third-order valence-corrected chi connectivity index (χ3v) is 3.13. The van der Waals surface area contributed by atoms with Crippen LogP contribution < -0.4 is 4.90 Å². The second-order valence-electron chi connectivity index (χ2n) is 5.44. The summed E-state index contributed by atoms with van der Waals surface area (Å²) < 4.78 is 0. The van der Waals surface area contributed by atoms with Gasteiger partial charge in [-0.1, -0.05) is 32.9 Å². The van der Waals surface area contributed by atoms with E-state index in [0.717, 1.165) is 13.0 Å². The van der Waals surface area contributed by atoms with Crippen LogP contribution in [0.5, 0.6) is 0 Å². The molecular formula is C14H20N. The molecule has 0 aliphatic carbocycles. The highest BCUT2D eigenvalue weighted by molar-refractivity contribution is 5.60. The smallest absolute Gasteiger partial charge is 0.0399 e. The SMILES string of the molecule is CN1CC[CH]c2cc(C(C)(C)C)ccc21. The lowest BCUT2D eigenvalue weighted by molar-refractivity contribution is 0.589. The van der Waals surface area contributed by atoms with Crippen LogP contribution in [0, 0.1) is 6.42 Å². The molecule has 0 aromatic heterocycles. The van der Waals surface area contributed by atoms with E-state index in [2.05, 4.69) is 57.3 Å². The van der Waals surface area contributed by atoms with Crippen LogP contribution in [0.3, 0.4) is 0 Å². The van der Waals surface area contributed by atoms with Gasteiger partial charge in [-0.05, 0) is 35.4 Å². The van der Waals surface area contributed by atoms with Gasteiger partial charge in [0.25, 0.3) is 0 Å². The maximum Gasteiger partial charge on any atom is 0.0399 e. The van der Waals surface area contributed by atoms with Gasteiger partial charge in [0.2, 0.25) is 0 Å². The van der Waals surface area contributed by atoms with Crippen LogP contribution in [0.2, 0.25) is 0 Å². The van der Waals surface area contributed by atoms with Crippen molar-refractivity contribution < 1.29 is 0 Å². The summed E-state index contributed by atoms with van der Waals surface area (Å²) in [5.41, 5.74) is 4.44. The zero-order valence-corrected chi connectivity index (χ0v) is 10.2. The summed E-state index contributed by atoms with van der Waals surface area (Å²) in [4.78, 5) is 2.34. The second-order valence-corrected chi connectivity index (χ2v) is 5.44. The molecule has 0 saturated heterocycles.